The van der Waals surface area contributed by atoms with Gasteiger partial charge in [-0.15, -0.1) is 0 Å². The van der Waals surface area contributed by atoms with Crippen molar-refractivity contribution in [2.24, 2.45) is 35.5 Å². The van der Waals surface area contributed by atoms with Crippen LogP contribution in [0.2, 0.25) is 0 Å². The molecular formula is C14H14O8. The fraction of sp³-hybridized carbons (Fsp3) is 0.571. The van der Waals surface area contributed by atoms with Gasteiger partial charge < -0.3 is 20.4 Å². The molecule has 0 amide bonds. The van der Waals surface area contributed by atoms with Gasteiger partial charge in [-0.25, -0.2) is 9.59 Å². The summed E-state index contributed by atoms with van der Waals surface area (Å²) in [5.74, 6) is -10.1. The molecule has 22 heavy (non-hydrogen) atoms. The molecule has 4 N–H and O–H groups in total. The zero-order chi connectivity index (χ0) is 16.3. The highest BCUT2D eigenvalue weighted by Gasteiger charge is 2.68. The topological polar surface area (TPSA) is 149 Å². The zero-order valence-corrected chi connectivity index (χ0v) is 11.3. The third-order valence-electron chi connectivity index (χ3n) is 5.44. The number of carboxylic acids is 4. The minimum atomic E-state index is -1.35. The van der Waals surface area contributed by atoms with E-state index in [1.54, 1.807) is 0 Å². The molecule has 8 heteroatoms. The van der Waals surface area contributed by atoms with Crippen LogP contribution in [0, 0.1) is 35.5 Å². The summed E-state index contributed by atoms with van der Waals surface area (Å²) in [6, 6.07) is 0. The molecule has 6 atom stereocenters. The molecule has 0 radical (unpaired) electrons. The monoisotopic (exact) mass is 310 g/mol. The summed E-state index contributed by atoms with van der Waals surface area (Å²) in [5, 5.41) is 37.2. The standard InChI is InChI=1S/C14H14O8/c15-11(16)7-3-1-2-4(8(7)12(17)18)6-5(3)9(13(19)20)10(6)14(21)22/h3-6,9-10H,1-2H2,(H,15,16)(H,17,18)(H,19,20)(H,21,22). The van der Waals surface area contributed by atoms with Crippen molar-refractivity contribution in [2.45, 2.75) is 12.8 Å². The molecule has 0 heterocycles. The lowest BCUT2D eigenvalue weighted by Gasteiger charge is -2.60. The second-order valence-electron chi connectivity index (χ2n) is 6.11. The van der Waals surface area contributed by atoms with Crippen molar-refractivity contribution < 1.29 is 39.6 Å². The lowest BCUT2D eigenvalue weighted by atomic mass is 9.41. The van der Waals surface area contributed by atoms with Gasteiger partial charge in [-0.2, -0.15) is 0 Å². The molecule has 0 aliphatic heterocycles. The normalized spacial score (nSPS) is 38.9. The summed E-state index contributed by atoms with van der Waals surface area (Å²) in [7, 11) is 0. The predicted octanol–water partition coefficient (Wildman–Crippen LogP) is 0.140. The fourth-order valence-corrected chi connectivity index (χ4v) is 4.85. The SMILES string of the molecule is O=C(O)C1=C(C(=O)O)C2CCC1C1C(C(=O)O)C(C(=O)O)C21. The van der Waals surface area contributed by atoms with Crippen LogP contribution in [0.15, 0.2) is 11.1 Å². The number of fused-ring (bicyclic) bond motifs is 1. The van der Waals surface area contributed by atoms with Crippen molar-refractivity contribution in [2.75, 3.05) is 0 Å². The minimum Gasteiger partial charge on any atom is -0.481 e. The molecule has 0 aromatic rings. The number of rotatable bonds is 4. The van der Waals surface area contributed by atoms with Crippen LogP contribution in [0.25, 0.3) is 0 Å². The molecule has 2 fully saturated rings. The number of carboxylic acid groups (broad SMARTS) is 4. The van der Waals surface area contributed by atoms with Gasteiger partial charge in [0.2, 0.25) is 0 Å². The van der Waals surface area contributed by atoms with Crippen LogP contribution in [-0.2, 0) is 19.2 Å². The summed E-state index contributed by atoms with van der Waals surface area (Å²) in [4.78, 5) is 45.6. The molecular weight excluding hydrogens is 296 g/mol. The Bertz CT molecular complexity index is 579. The molecule has 0 spiro atoms. The lowest BCUT2D eigenvalue weighted by Crippen LogP contribution is -2.64. The van der Waals surface area contributed by atoms with Crippen molar-refractivity contribution in [3.8, 4) is 0 Å². The zero-order valence-electron chi connectivity index (χ0n) is 11.3. The highest BCUT2D eigenvalue weighted by atomic mass is 16.4. The van der Waals surface area contributed by atoms with E-state index in [2.05, 4.69) is 0 Å². The Balaban J connectivity index is 2.13. The second kappa shape index (κ2) is 4.56. The predicted molar refractivity (Wildman–Crippen MR) is 67.7 cm³/mol. The van der Waals surface area contributed by atoms with Crippen LogP contribution < -0.4 is 0 Å². The van der Waals surface area contributed by atoms with E-state index in [4.69, 9.17) is 0 Å². The maximum absolute atomic E-state index is 11.4. The summed E-state index contributed by atoms with van der Waals surface area (Å²) in [5.41, 5.74) is -0.472. The van der Waals surface area contributed by atoms with Crippen molar-refractivity contribution in [1.29, 1.82) is 0 Å². The molecule has 6 unspecified atom stereocenters. The van der Waals surface area contributed by atoms with Gasteiger partial charge in [0.1, 0.15) is 0 Å². The minimum absolute atomic E-state index is 0.236. The Hall–Kier alpha value is -2.38. The first-order chi connectivity index (χ1) is 10.3. The van der Waals surface area contributed by atoms with Gasteiger partial charge in [0, 0.05) is 0 Å². The number of aliphatic carboxylic acids is 4. The summed E-state index contributed by atoms with van der Waals surface area (Å²) < 4.78 is 0. The Morgan fingerprint density at radius 3 is 1.23 bits per heavy atom. The molecule has 0 saturated heterocycles. The third-order valence-corrected chi connectivity index (χ3v) is 5.44. The molecule has 0 aromatic carbocycles. The van der Waals surface area contributed by atoms with E-state index in [-0.39, 0.29) is 11.1 Å². The first-order valence-electron chi connectivity index (χ1n) is 6.93. The molecule has 4 aliphatic rings. The Morgan fingerprint density at radius 2 is 1.00 bits per heavy atom. The maximum Gasteiger partial charge on any atom is 0.332 e. The van der Waals surface area contributed by atoms with Gasteiger partial charge in [0.05, 0.1) is 23.0 Å². The summed E-state index contributed by atoms with van der Waals surface area (Å²) >= 11 is 0. The quantitative estimate of drug-likeness (QED) is 0.572. The van der Waals surface area contributed by atoms with E-state index in [0.717, 1.165) is 0 Å². The Labute approximate surface area is 124 Å². The smallest absolute Gasteiger partial charge is 0.332 e. The molecule has 0 aromatic heterocycles. The number of carbonyl (C=O) groups is 4. The van der Waals surface area contributed by atoms with E-state index in [9.17, 15) is 39.6 Å². The van der Waals surface area contributed by atoms with Gasteiger partial charge in [-0.3, -0.25) is 9.59 Å². The van der Waals surface area contributed by atoms with Crippen LogP contribution >= 0.6 is 0 Å². The van der Waals surface area contributed by atoms with E-state index in [0.29, 0.717) is 12.8 Å². The highest BCUT2D eigenvalue weighted by molar-refractivity contribution is 6.01. The van der Waals surface area contributed by atoms with Gasteiger partial charge in [0.25, 0.3) is 0 Å². The van der Waals surface area contributed by atoms with Crippen LogP contribution in [0.4, 0.5) is 0 Å². The van der Waals surface area contributed by atoms with Gasteiger partial charge in [-0.1, -0.05) is 0 Å². The summed E-state index contributed by atoms with van der Waals surface area (Å²) in [6.07, 6.45) is 0.779. The number of hydrogen-bond acceptors (Lipinski definition) is 4. The largest absolute Gasteiger partial charge is 0.481 e. The average molecular weight is 310 g/mol. The molecule has 4 rings (SSSR count). The van der Waals surface area contributed by atoms with Crippen molar-refractivity contribution >= 4 is 23.9 Å². The first-order valence-corrected chi connectivity index (χ1v) is 6.93. The Morgan fingerprint density at radius 1 is 0.682 bits per heavy atom. The van der Waals surface area contributed by atoms with Crippen LogP contribution in [0.3, 0.4) is 0 Å². The van der Waals surface area contributed by atoms with E-state index in [1.807, 2.05) is 0 Å². The van der Waals surface area contributed by atoms with Gasteiger partial charge in [0.15, 0.2) is 0 Å². The van der Waals surface area contributed by atoms with Crippen LogP contribution in [0.5, 0.6) is 0 Å². The van der Waals surface area contributed by atoms with Crippen LogP contribution in [0.1, 0.15) is 12.8 Å². The summed E-state index contributed by atoms with van der Waals surface area (Å²) in [6.45, 7) is 0. The molecule has 2 saturated carbocycles. The fourth-order valence-electron chi connectivity index (χ4n) is 4.85. The lowest BCUT2D eigenvalue weighted by molar-refractivity contribution is -0.191. The Kier molecular flexibility index (Phi) is 3.01. The van der Waals surface area contributed by atoms with Gasteiger partial charge >= 0.3 is 23.9 Å². The maximum atomic E-state index is 11.4. The molecule has 2 bridgehead atoms. The first kappa shape index (κ1) is 14.6. The van der Waals surface area contributed by atoms with Crippen molar-refractivity contribution in [1.82, 2.24) is 0 Å². The van der Waals surface area contributed by atoms with E-state index < -0.39 is 59.4 Å². The molecule has 8 nitrogen and oxygen atoms in total. The number of hydrogen-bond donors (Lipinski definition) is 4. The van der Waals surface area contributed by atoms with Gasteiger partial charge in [-0.05, 0) is 36.5 Å². The second-order valence-corrected chi connectivity index (χ2v) is 6.11. The van der Waals surface area contributed by atoms with Crippen molar-refractivity contribution in [3.05, 3.63) is 11.1 Å². The molecule has 4 aliphatic carbocycles. The van der Waals surface area contributed by atoms with Crippen LogP contribution in [-0.4, -0.2) is 44.3 Å². The van der Waals surface area contributed by atoms with Crippen molar-refractivity contribution in [3.63, 3.8) is 0 Å². The van der Waals surface area contributed by atoms with E-state index in [1.165, 1.54) is 0 Å². The average Bonchev–Trinajstić information content (AvgIpc) is 2.36. The third kappa shape index (κ3) is 1.63. The van der Waals surface area contributed by atoms with E-state index >= 15 is 0 Å². The highest BCUT2D eigenvalue weighted by Crippen LogP contribution is 2.65. The molecule has 118 valence electrons.